The molecule has 2 heterocycles. The highest BCUT2D eigenvalue weighted by molar-refractivity contribution is 5.48. The Morgan fingerprint density at radius 2 is 2.00 bits per heavy atom. The summed E-state index contributed by atoms with van der Waals surface area (Å²) in [5.41, 5.74) is 0. The number of anilines is 1. The van der Waals surface area contributed by atoms with Gasteiger partial charge < -0.3 is 14.7 Å². The molecule has 1 aliphatic heterocycles. The number of β-amino-alcohol motifs (C(OH)–C–C–N with tert-alkyl or cyclic N) is 1. The number of hydrogen-bond acceptors (Lipinski definition) is 6. The van der Waals surface area contributed by atoms with Crippen molar-refractivity contribution in [1.82, 2.24) is 14.9 Å². The highest BCUT2D eigenvalue weighted by Crippen LogP contribution is 2.26. The maximum Gasteiger partial charge on any atom is 0.257 e. The van der Waals surface area contributed by atoms with Crippen molar-refractivity contribution in [2.75, 3.05) is 31.1 Å². The lowest BCUT2D eigenvalue weighted by Crippen LogP contribution is -2.54. The summed E-state index contributed by atoms with van der Waals surface area (Å²) < 4.78 is 5.79. The van der Waals surface area contributed by atoms with Crippen LogP contribution in [0.5, 0.6) is 5.88 Å². The van der Waals surface area contributed by atoms with E-state index in [-0.39, 0.29) is 12.2 Å². The first-order valence-corrected chi connectivity index (χ1v) is 8.16. The van der Waals surface area contributed by atoms with E-state index in [9.17, 15) is 5.11 Å². The standard InChI is InChI=1S/C16H28N4O2/c1-5-14-11-20(9-8-19(14)10-13(4)21)15-16(22-12(2)3)18-7-6-17-15/h6-7,12-14,21H,5,8-11H2,1-4H3. The molecule has 0 aliphatic carbocycles. The quantitative estimate of drug-likeness (QED) is 0.860. The number of ether oxygens (including phenoxy) is 1. The first-order valence-electron chi connectivity index (χ1n) is 8.16. The zero-order valence-electron chi connectivity index (χ0n) is 14.1. The van der Waals surface area contributed by atoms with E-state index in [4.69, 9.17) is 4.74 Å². The Morgan fingerprint density at radius 3 is 2.64 bits per heavy atom. The van der Waals surface area contributed by atoms with E-state index in [0.717, 1.165) is 38.4 Å². The first-order chi connectivity index (χ1) is 10.5. The Balaban J connectivity index is 2.11. The maximum atomic E-state index is 9.65. The Labute approximate surface area is 133 Å². The van der Waals surface area contributed by atoms with Crippen LogP contribution >= 0.6 is 0 Å². The monoisotopic (exact) mass is 308 g/mol. The molecule has 1 aliphatic rings. The van der Waals surface area contributed by atoms with Gasteiger partial charge in [0.25, 0.3) is 5.88 Å². The van der Waals surface area contributed by atoms with Gasteiger partial charge in [0.2, 0.25) is 0 Å². The first kappa shape index (κ1) is 17.0. The second kappa shape index (κ2) is 7.74. The highest BCUT2D eigenvalue weighted by atomic mass is 16.5. The Bertz CT molecular complexity index is 467. The molecule has 1 aromatic rings. The summed E-state index contributed by atoms with van der Waals surface area (Å²) >= 11 is 0. The molecular weight excluding hydrogens is 280 g/mol. The third-order valence-electron chi connectivity index (χ3n) is 3.87. The highest BCUT2D eigenvalue weighted by Gasteiger charge is 2.29. The number of nitrogens with zero attached hydrogens (tertiary/aromatic N) is 4. The van der Waals surface area contributed by atoms with Gasteiger partial charge in [0.05, 0.1) is 12.2 Å². The fourth-order valence-electron chi connectivity index (χ4n) is 2.89. The second-order valence-corrected chi connectivity index (χ2v) is 6.20. The average molecular weight is 308 g/mol. The van der Waals surface area contributed by atoms with Gasteiger partial charge in [-0.1, -0.05) is 6.92 Å². The summed E-state index contributed by atoms with van der Waals surface area (Å²) in [7, 11) is 0. The molecule has 6 heteroatoms. The largest absolute Gasteiger partial charge is 0.472 e. The lowest BCUT2D eigenvalue weighted by atomic mass is 10.1. The number of hydrogen-bond donors (Lipinski definition) is 1. The lowest BCUT2D eigenvalue weighted by Gasteiger charge is -2.42. The molecule has 0 radical (unpaired) electrons. The molecular formula is C16H28N4O2. The van der Waals surface area contributed by atoms with E-state index in [1.807, 2.05) is 20.8 Å². The van der Waals surface area contributed by atoms with Gasteiger partial charge in [-0.05, 0) is 27.2 Å². The minimum atomic E-state index is -0.294. The van der Waals surface area contributed by atoms with E-state index in [2.05, 4.69) is 26.7 Å². The summed E-state index contributed by atoms with van der Waals surface area (Å²) in [6.45, 7) is 11.4. The van der Waals surface area contributed by atoms with Gasteiger partial charge >= 0.3 is 0 Å². The van der Waals surface area contributed by atoms with Crippen LogP contribution in [0.15, 0.2) is 12.4 Å². The number of aliphatic hydroxyl groups excluding tert-OH is 1. The lowest BCUT2D eigenvalue weighted by molar-refractivity contribution is 0.0881. The smallest absolute Gasteiger partial charge is 0.257 e. The molecule has 1 aromatic heterocycles. The molecule has 0 aromatic carbocycles. The molecule has 0 spiro atoms. The van der Waals surface area contributed by atoms with Crippen molar-refractivity contribution in [3.63, 3.8) is 0 Å². The third-order valence-corrected chi connectivity index (χ3v) is 3.87. The molecule has 2 atom stereocenters. The van der Waals surface area contributed by atoms with E-state index in [1.54, 1.807) is 12.4 Å². The molecule has 1 saturated heterocycles. The molecule has 2 unspecified atom stereocenters. The van der Waals surface area contributed by atoms with Crippen LogP contribution in [0.25, 0.3) is 0 Å². The summed E-state index contributed by atoms with van der Waals surface area (Å²) in [6, 6.07) is 0.414. The molecule has 2 rings (SSSR count). The molecule has 124 valence electrons. The minimum absolute atomic E-state index is 0.0777. The van der Waals surface area contributed by atoms with Crippen molar-refractivity contribution in [2.24, 2.45) is 0 Å². The van der Waals surface area contributed by atoms with Crippen LogP contribution in [0.4, 0.5) is 5.82 Å². The predicted molar refractivity (Wildman–Crippen MR) is 87.3 cm³/mol. The van der Waals surface area contributed by atoms with Gasteiger partial charge in [0.1, 0.15) is 0 Å². The fourth-order valence-corrected chi connectivity index (χ4v) is 2.89. The van der Waals surface area contributed by atoms with Crippen LogP contribution in [0, 0.1) is 0 Å². The van der Waals surface area contributed by atoms with Crippen LogP contribution in [-0.2, 0) is 0 Å². The van der Waals surface area contributed by atoms with Crippen LogP contribution in [0.2, 0.25) is 0 Å². The van der Waals surface area contributed by atoms with Crippen LogP contribution in [0.1, 0.15) is 34.1 Å². The van der Waals surface area contributed by atoms with Crippen molar-refractivity contribution >= 4 is 5.82 Å². The van der Waals surface area contributed by atoms with Crippen molar-refractivity contribution in [2.45, 2.75) is 52.4 Å². The normalized spacial score (nSPS) is 21.2. The number of aromatic nitrogens is 2. The Kier molecular flexibility index (Phi) is 5.97. The molecule has 0 bridgehead atoms. The summed E-state index contributed by atoms with van der Waals surface area (Å²) in [5, 5.41) is 9.65. The fraction of sp³-hybridized carbons (Fsp3) is 0.750. The average Bonchev–Trinajstić information content (AvgIpc) is 2.47. The molecule has 0 amide bonds. The summed E-state index contributed by atoms with van der Waals surface area (Å²) in [6.07, 6.45) is 4.21. The minimum Gasteiger partial charge on any atom is -0.472 e. The molecule has 1 fully saturated rings. The maximum absolute atomic E-state index is 9.65. The van der Waals surface area contributed by atoms with E-state index < -0.39 is 0 Å². The van der Waals surface area contributed by atoms with Crippen molar-refractivity contribution in [3.05, 3.63) is 12.4 Å². The van der Waals surface area contributed by atoms with Crippen LogP contribution in [0.3, 0.4) is 0 Å². The summed E-state index contributed by atoms with van der Waals surface area (Å²) in [4.78, 5) is 13.4. The number of rotatable bonds is 6. The van der Waals surface area contributed by atoms with Gasteiger partial charge in [0.15, 0.2) is 5.82 Å². The van der Waals surface area contributed by atoms with Crippen molar-refractivity contribution in [3.8, 4) is 5.88 Å². The van der Waals surface area contributed by atoms with Crippen LogP contribution < -0.4 is 9.64 Å². The van der Waals surface area contributed by atoms with Crippen LogP contribution in [-0.4, -0.2) is 64.4 Å². The van der Waals surface area contributed by atoms with E-state index >= 15 is 0 Å². The molecule has 22 heavy (non-hydrogen) atoms. The zero-order valence-corrected chi connectivity index (χ0v) is 14.1. The van der Waals surface area contributed by atoms with E-state index in [0.29, 0.717) is 11.9 Å². The van der Waals surface area contributed by atoms with Gasteiger partial charge in [-0.2, -0.15) is 0 Å². The SMILES string of the molecule is CCC1CN(c2nccnc2OC(C)C)CCN1CC(C)O. The van der Waals surface area contributed by atoms with Gasteiger partial charge in [0, 0.05) is 44.6 Å². The second-order valence-electron chi connectivity index (χ2n) is 6.20. The Hall–Kier alpha value is -1.40. The third kappa shape index (κ3) is 4.30. The number of aliphatic hydroxyl groups is 1. The molecule has 0 saturated carbocycles. The molecule has 1 N–H and O–H groups in total. The predicted octanol–water partition coefficient (Wildman–Crippen LogP) is 1.55. The summed E-state index contributed by atoms with van der Waals surface area (Å²) in [5.74, 6) is 1.43. The van der Waals surface area contributed by atoms with Crippen molar-refractivity contribution < 1.29 is 9.84 Å². The van der Waals surface area contributed by atoms with Gasteiger partial charge in [-0.25, -0.2) is 9.97 Å². The Morgan fingerprint density at radius 1 is 1.27 bits per heavy atom. The topological polar surface area (TPSA) is 61.7 Å². The zero-order chi connectivity index (χ0) is 16.1. The van der Waals surface area contributed by atoms with Gasteiger partial charge in [-0.15, -0.1) is 0 Å². The van der Waals surface area contributed by atoms with Gasteiger partial charge in [-0.3, -0.25) is 4.90 Å². The van der Waals surface area contributed by atoms with E-state index in [1.165, 1.54) is 0 Å². The van der Waals surface area contributed by atoms with Crippen molar-refractivity contribution in [1.29, 1.82) is 0 Å². The molecule has 6 nitrogen and oxygen atoms in total. The number of piperazine rings is 1.